The van der Waals surface area contributed by atoms with Crippen LogP contribution in [-0.2, 0) is 4.74 Å². The molecule has 8 nitrogen and oxygen atoms in total. The predicted molar refractivity (Wildman–Crippen MR) is 104 cm³/mol. The van der Waals surface area contributed by atoms with Crippen molar-refractivity contribution < 1.29 is 29.0 Å². The van der Waals surface area contributed by atoms with Crippen molar-refractivity contribution in [3.8, 4) is 5.75 Å². The number of phenols is 1. The summed E-state index contributed by atoms with van der Waals surface area (Å²) in [5, 5.41) is 12.6. The SMILES string of the molecule is COC(=O)c1ccc(NC(=O)c2ccc3c(c2)C(=O)N(CC(C)C)C3=O)c(O)c1. The standard InChI is InChI=1S/C21H20N2O6/c1-11(2)10-23-19(26)14-6-4-12(8-15(14)20(23)27)18(25)22-16-7-5-13(9-17(16)24)21(28)29-3/h4-9,11,24H,10H2,1-3H3,(H,22,25). The Balaban J connectivity index is 1.82. The summed E-state index contributed by atoms with van der Waals surface area (Å²) < 4.78 is 4.57. The lowest BCUT2D eigenvalue weighted by molar-refractivity contribution is 0.0597. The third-order valence-electron chi connectivity index (χ3n) is 4.45. The summed E-state index contributed by atoms with van der Waals surface area (Å²) in [5.41, 5.74) is 0.820. The van der Waals surface area contributed by atoms with Gasteiger partial charge in [0.25, 0.3) is 17.7 Å². The Labute approximate surface area is 167 Å². The summed E-state index contributed by atoms with van der Waals surface area (Å²) in [4.78, 5) is 50.2. The van der Waals surface area contributed by atoms with Crippen LogP contribution in [0.25, 0.3) is 0 Å². The fraction of sp³-hybridized carbons (Fsp3) is 0.238. The zero-order valence-electron chi connectivity index (χ0n) is 16.2. The fourth-order valence-electron chi connectivity index (χ4n) is 3.04. The number of amides is 3. The third-order valence-corrected chi connectivity index (χ3v) is 4.45. The van der Waals surface area contributed by atoms with Crippen molar-refractivity contribution in [2.75, 3.05) is 19.0 Å². The molecule has 0 fully saturated rings. The highest BCUT2D eigenvalue weighted by molar-refractivity contribution is 6.22. The van der Waals surface area contributed by atoms with Crippen molar-refractivity contribution in [1.29, 1.82) is 0 Å². The minimum Gasteiger partial charge on any atom is -0.506 e. The van der Waals surface area contributed by atoms with Crippen LogP contribution in [-0.4, -0.2) is 47.4 Å². The van der Waals surface area contributed by atoms with Crippen LogP contribution in [0.15, 0.2) is 36.4 Å². The van der Waals surface area contributed by atoms with E-state index in [4.69, 9.17) is 0 Å². The molecular weight excluding hydrogens is 376 g/mol. The number of phenolic OH excluding ortho intramolecular Hbond substituents is 1. The maximum Gasteiger partial charge on any atom is 0.337 e. The van der Waals surface area contributed by atoms with Crippen molar-refractivity contribution in [1.82, 2.24) is 4.90 Å². The molecule has 3 rings (SSSR count). The Hall–Kier alpha value is -3.68. The monoisotopic (exact) mass is 396 g/mol. The van der Waals surface area contributed by atoms with Crippen LogP contribution in [0.2, 0.25) is 0 Å². The first-order valence-corrected chi connectivity index (χ1v) is 8.95. The van der Waals surface area contributed by atoms with E-state index in [1.807, 2.05) is 13.8 Å². The largest absolute Gasteiger partial charge is 0.506 e. The number of aromatic hydroxyl groups is 1. The average molecular weight is 396 g/mol. The molecule has 29 heavy (non-hydrogen) atoms. The molecule has 2 aromatic carbocycles. The van der Waals surface area contributed by atoms with Crippen LogP contribution in [0.5, 0.6) is 5.75 Å². The van der Waals surface area contributed by atoms with Gasteiger partial charge in [-0.05, 0) is 42.3 Å². The van der Waals surface area contributed by atoms with Crippen molar-refractivity contribution in [3.05, 3.63) is 58.7 Å². The van der Waals surface area contributed by atoms with Crippen LogP contribution in [0, 0.1) is 5.92 Å². The summed E-state index contributed by atoms with van der Waals surface area (Å²) in [6.07, 6.45) is 0. The Morgan fingerprint density at radius 1 is 1.03 bits per heavy atom. The number of nitrogens with one attached hydrogen (secondary N) is 1. The number of ether oxygens (including phenoxy) is 1. The predicted octanol–water partition coefficient (Wildman–Crippen LogP) is 2.68. The van der Waals surface area contributed by atoms with Crippen molar-refractivity contribution in [2.24, 2.45) is 5.92 Å². The van der Waals surface area contributed by atoms with Gasteiger partial charge in [0.05, 0.1) is 29.5 Å². The molecule has 0 atom stereocenters. The number of nitrogens with zero attached hydrogens (tertiary/aromatic N) is 1. The smallest absolute Gasteiger partial charge is 0.337 e. The summed E-state index contributed by atoms with van der Waals surface area (Å²) in [6.45, 7) is 4.11. The van der Waals surface area contributed by atoms with Gasteiger partial charge in [0.15, 0.2) is 0 Å². The number of imide groups is 1. The highest BCUT2D eigenvalue weighted by atomic mass is 16.5. The lowest BCUT2D eigenvalue weighted by Crippen LogP contribution is -2.33. The van der Waals surface area contributed by atoms with E-state index < -0.39 is 17.8 Å². The Morgan fingerprint density at radius 3 is 2.31 bits per heavy atom. The number of rotatable bonds is 5. The number of hydrogen-bond acceptors (Lipinski definition) is 6. The summed E-state index contributed by atoms with van der Waals surface area (Å²) in [7, 11) is 1.22. The van der Waals surface area contributed by atoms with E-state index in [1.54, 1.807) is 0 Å². The summed E-state index contributed by atoms with van der Waals surface area (Å²) in [6, 6.07) is 8.20. The van der Waals surface area contributed by atoms with Crippen LogP contribution in [0.1, 0.15) is 55.3 Å². The van der Waals surface area contributed by atoms with Gasteiger partial charge in [-0.2, -0.15) is 0 Å². The quantitative estimate of drug-likeness (QED) is 0.456. The molecule has 0 unspecified atom stereocenters. The first kappa shape index (κ1) is 20.1. The molecule has 0 aromatic heterocycles. The molecule has 150 valence electrons. The Morgan fingerprint density at radius 2 is 1.69 bits per heavy atom. The maximum atomic E-state index is 12.6. The fourth-order valence-corrected chi connectivity index (χ4v) is 3.04. The van der Waals surface area contributed by atoms with Gasteiger partial charge in [-0.15, -0.1) is 0 Å². The van der Waals surface area contributed by atoms with Crippen LogP contribution in [0.3, 0.4) is 0 Å². The molecule has 8 heteroatoms. The lowest BCUT2D eigenvalue weighted by atomic mass is 10.1. The molecule has 2 N–H and O–H groups in total. The van der Waals surface area contributed by atoms with Gasteiger partial charge in [-0.3, -0.25) is 19.3 Å². The number of hydrogen-bond donors (Lipinski definition) is 2. The zero-order valence-corrected chi connectivity index (χ0v) is 16.2. The number of carbonyl (C=O) groups excluding carboxylic acids is 4. The molecule has 1 heterocycles. The maximum absolute atomic E-state index is 12.6. The van der Waals surface area contributed by atoms with E-state index in [9.17, 15) is 24.3 Å². The first-order chi connectivity index (χ1) is 13.7. The number of esters is 1. The van der Waals surface area contributed by atoms with E-state index in [2.05, 4.69) is 10.1 Å². The molecule has 0 radical (unpaired) electrons. The normalized spacial score (nSPS) is 12.9. The van der Waals surface area contributed by atoms with Crippen molar-refractivity contribution in [2.45, 2.75) is 13.8 Å². The summed E-state index contributed by atoms with van der Waals surface area (Å²) in [5.74, 6) is -2.18. The van der Waals surface area contributed by atoms with Crippen LogP contribution in [0.4, 0.5) is 5.69 Å². The molecule has 0 saturated carbocycles. The van der Waals surface area contributed by atoms with E-state index in [0.29, 0.717) is 6.54 Å². The molecule has 1 aliphatic rings. The first-order valence-electron chi connectivity index (χ1n) is 8.95. The number of carbonyl (C=O) groups is 4. The van der Waals surface area contributed by atoms with E-state index >= 15 is 0 Å². The van der Waals surface area contributed by atoms with Gasteiger partial charge in [0.1, 0.15) is 5.75 Å². The van der Waals surface area contributed by atoms with Gasteiger partial charge in [-0.1, -0.05) is 13.8 Å². The molecule has 3 amide bonds. The van der Waals surface area contributed by atoms with Crippen molar-refractivity contribution in [3.63, 3.8) is 0 Å². The molecule has 0 spiro atoms. The van der Waals surface area contributed by atoms with Crippen LogP contribution >= 0.6 is 0 Å². The molecule has 0 aliphatic carbocycles. The minimum atomic E-state index is -0.620. The molecule has 1 aliphatic heterocycles. The second-order valence-electron chi connectivity index (χ2n) is 7.05. The molecule has 0 saturated heterocycles. The average Bonchev–Trinajstić information content (AvgIpc) is 2.92. The number of benzene rings is 2. The minimum absolute atomic E-state index is 0.0898. The second kappa shape index (κ2) is 7.75. The van der Waals surface area contributed by atoms with Crippen molar-refractivity contribution >= 4 is 29.4 Å². The number of methoxy groups -OCH3 is 1. The van der Waals surface area contributed by atoms with Gasteiger partial charge in [-0.25, -0.2) is 4.79 Å². The van der Waals surface area contributed by atoms with E-state index in [-0.39, 0.29) is 45.5 Å². The topological polar surface area (TPSA) is 113 Å². The second-order valence-corrected chi connectivity index (χ2v) is 7.05. The zero-order chi connectivity index (χ0) is 21.3. The van der Waals surface area contributed by atoms with E-state index in [1.165, 1.54) is 48.4 Å². The number of fused-ring (bicyclic) bond motifs is 1. The third kappa shape index (κ3) is 3.82. The molecular formula is C21H20N2O6. The highest BCUT2D eigenvalue weighted by Gasteiger charge is 2.36. The van der Waals surface area contributed by atoms with Gasteiger partial charge in [0, 0.05) is 12.1 Å². The Bertz CT molecular complexity index is 1030. The van der Waals surface area contributed by atoms with Gasteiger partial charge < -0.3 is 15.2 Å². The highest BCUT2D eigenvalue weighted by Crippen LogP contribution is 2.27. The van der Waals surface area contributed by atoms with Gasteiger partial charge >= 0.3 is 5.97 Å². The summed E-state index contributed by atoms with van der Waals surface area (Å²) >= 11 is 0. The van der Waals surface area contributed by atoms with E-state index in [0.717, 1.165) is 0 Å². The Kier molecular flexibility index (Phi) is 5.36. The molecule has 2 aromatic rings. The van der Waals surface area contributed by atoms with Gasteiger partial charge in [0.2, 0.25) is 0 Å². The molecule has 0 bridgehead atoms. The number of anilines is 1. The van der Waals surface area contributed by atoms with Crippen LogP contribution < -0.4 is 5.32 Å². The lowest BCUT2D eigenvalue weighted by Gasteiger charge is -2.15.